The summed E-state index contributed by atoms with van der Waals surface area (Å²) in [5.74, 6) is -2.91. The number of carbonyl (C=O) groups is 2. The first-order chi connectivity index (χ1) is 11.0. The van der Waals surface area contributed by atoms with E-state index in [-0.39, 0.29) is 22.6 Å². The molecule has 120 valence electrons. The molecule has 0 atom stereocenters. The smallest absolute Gasteiger partial charge is 0.340 e. The van der Waals surface area contributed by atoms with E-state index in [9.17, 15) is 18.4 Å². The van der Waals surface area contributed by atoms with Gasteiger partial charge in [-0.3, -0.25) is 4.79 Å². The minimum Gasteiger partial charge on any atom is -0.494 e. The Morgan fingerprint density at radius 1 is 1.04 bits per heavy atom. The number of ether oxygens (including phenoxy) is 2. The summed E-state index contributed by atoms with van der Waals surface area (Å²) in [6, 6.07) is 6.90. The third-order valence-corrected chi connectivity index (χ3v) is 3.02. The van der Waals surface area contributed by atoms with Gasteiger partial charge in [-0.1, -0.05) is 6.07 Å². The number of rotatable bonds is 4. The average molecular weight is 321 g/mol. The van der Waals surface area contributed by atoms with Crippen LogP contribution in [0.25, 0.3) is 0 Å². The van der Waals surface area contributed by atoms with Crippen molar-refractivity contribution in [2.24, 2.45) is 0 Å². The highest BCUT2D eigenvalue weighted by atomic mass is 19.1. The van der Waals surface area contributed by atoms with Crippen molar-refractivity contribution in [1.29, 1.82) is 0 Å². The molecule has 1 amide bonds. The van der Waals surface area contributed by atoms with Crippen LogP contribution in [0.5, 0.6) is 5.75 Å². The van der Waals surface area contributed by atoms with Gasteiger partial charge < -0.3 is 14.8 Å². The summed E-state index contributed by atoms with van der Waals surface area (Å²) < 4.78 is 36.3. The van der Waals surface area contributed by atoms with Crippen molar-refractivity contribution in [3.05, 3.63) is 59.2 Å². The number of hydrogen-bond donors (Lipinski definition) is 1. The molecule has 23 heavy (non-hydrogen) atoms. The number of nitrogens with one attached hydrogen (secondary N) is 1. The molecule has 0 saturated heterocycles. The maximum absolute atomic E-state index is 13.6. The molecule has 0 aliphatic carbocycles. The van der Waals surface area contributed by atoms with Crippen LogP contribution in [0.4, 0.5) is 14.5 Å². The lowest BCUT2D eigenvalue weighted by Crippen LogP contribution is -2.17. The van der Waals surface area contributed by atoms with Crippen molar-refractivity contribution >= 4 is 17.6 Å². The van der Waals surface area contributed by atoms with E-state index in [1.54, 1.807) is 0 Å². The highest BCUT2D eigenvalue weighted by Crippen LogP contribution is 2.31. The zero-order valence-corrected chi connectivity index (χ0v) is 12.4. The van der Waals surface area contributed by atoms with Crippen LogP contribution < -0.4 is 10.1 Å². The summed E-state index contributed by atoms with van der Waals surface area (Å²) in [5, 5.41) is 2.42. The molecule has 0 unspecified atom stereocenters. The SMILES string of the molecule is COC(=O)c1cc(F)cc(OC)c1NC(=O)c1cccc(F)c1. The second kappa shape index (κ2) is 6.87. The molecule has 2 aromatic rings. The molecule has 0 saturated carbocycles. The monoisotopic (exact) mass is 321 g/mol. The summed E-state index contributed by atoms with van der Waals surface area (Å²) in [5.41, 5.74) is -0.240. The van der Waals surface area contributed by atoms with Gasteiger partial charge in [0.2, 0.25) is 0 Å². The number of esters is 1. The zero-order chi connectivity index (χ0) is 17.0. The van der Waals surface area contributed by atoms with Crippen LogP contribution >= 0.6 is 0 Å². The van der Waals surface area contributed by atoms with Gasteiger partial charge in [0.25, 0.3) is 5.91 Å². The predicted molar refractivity (Wildman–Crippen MR) is 78.6 cm³/mol. The van der Waals surface area contributed by atoms with E-state index in [0.717, 1.165) is 25.3 Å². The van der Waals surface area contributed by atoms with Gasteiger partial charge in [0.15, 0.2) is 0 Å². The Balaban J connectivity index is 2.45. The normalized spacial score (nSPS) is 10.1. The highest BCUT2D eigenvalue weighted by molar-refractivity contribution is 6.09. The third-order valence-electron chi connectivity index (χ3n) is 3.02. The van der Waals surface area contributed by atoms with Gasteiger partial charge in [-0.15, -0.1) is 0 Å². The van der Waals surface area contributed by atoms with E-state index in [0.29, 0.717) is 0 Å². The Morgan fingerprint density at radius 2 is 1.78 bits per heavy atom. The number of benzene rings is 2. The van der Waals surface area contributed by atoms with Gasteiger partial charge in [0.05, 0.1) is 25.5 Å². The van der Waals surface area contributed by atoms with Crippen LogP contribution in [0.3, 0.4) is 0 Å². The molecule has 0 spiro atoms. The molecule has 1 N–H and O–H groups in total. The number of anilines is 1. The summed E-state index contributed by atoms with van der Waals surface area (Å²) in [6.07, 6.45) is 0. The third kappa shape index (κ3) is 3.63. The maximum Gasteiger partial charge on any atom is 0.340 e. The van der Waals surface area contributed by atoms with E-state index in [2.05, 4.69) is 10.1 Å². The van der Waals surface area contributed by atoms with E-state index in [1.165, 1.54) is 25.3 Å². The van der Waals surface area contributed by atoms with Crippen LogP contribution in [0.15, 0.2) is 36.4 Å². The Bertz CT molecular complexity index is 762. The molecule has 2 rings (SSSR count). The van der Waals surface area contributed by atoms with Gasteiger partial charge in [-0.25, -0.2) is 13.6 Å². The number of amides is 1. The number of hydrogen-bond acceptors (Lipinski definition) is 4. The lowest BCUT2D eigenvalue weighted by atomic mass is 10.1. The molecule has 0 radical (unpaired) electrons. The number of halogens is 2. The Labute approximate surface area is 130 Å². The van der Waals surface area contributed by atoms with Crippen molar-refractivity contribution in [1.82, 2.24) is 0 Å². The summed E-state index contributed by atoms with van der Waals surface area (Å²) in [6.45, 7) is 0. The van der Waals surface area contributed by atoms with Crippen molar-refractivity contribution < 1.29 is 27.8 Å². The first kappa shape index (κ1) is 16.4. The van der Waals surface area contributed by atoms with Crippen LogP contribution in [0.2, 0.25) is 0 Å². The zero-order valence-electron chi connectivity index (χ0n) is 12.4. The number of methoxy groups -OCH3 is 2. The van der Waals surface area contributed by atoms with Crippen LogP contribution in [-0.2, 0) is 4.74 Å². The summed E-state index contributed by atoms with van der Waals surface area (Å²) >= 11 is 0. The van der Waals surface area contributed by atoms with Crippen molar-refractivity contribution in [2.75, 3.05) is 19.5 Å². The first-order valence-corrected chi connectivity index (χ1v) is 6.49. The summed E-state index contributed by atoms with van der Waals surface area (Å²) in [4.78, 5) is 24.0. The Morgan fingerprint density at radius 3 is 2.39 bits per heavy atom. The van der Waals surface area contributed by atoms with E-state index < -0.39 is 23.5 Å². The lowest BCUT2D eigenvalue weighted by Gasteiger charge is -2.14. The fourth-order valence-electron chi connectivity index (χ4n) is 1.96. The van der Waals surface area contributed by atoms with E-state index in [1.807, 2.05) is 0 Å². The van der Waals surface area contributed by atoms with Gasteiger partial charge in [0.1, 0.15) is 17.4 Å². The average Bonchev–Trinajstić information content (AvgIpc) is 2.55. The molecule has 2 aromatic carbocycles. The predicted octanol–water partition coefficient (Wildman–Crippen LogP) is 3.01. The van der Waals surface area contributed by atoms with Crippen LogP contribution in [-0.4, -0.2) is 26.1 Å². The molecular weight excluding hydrogens is 308 g/mol. The largest absolute Gasteiger partial charge is 0.494 e. The van der Waals surface area contributed by atoms with Gasteiger partial charge in [-0.2, -0.15) is 0 Å². The fourth-order valence-corrected chi connectivity index (χ4v) is 1.96. The quantitative estimate of drug-likeness (QED) is 0.879. The van der Waals surface area contributed by atoms with Gasteiger partial charge >= 0.3 is 5.97 Å². The minimum absolute atomic E-state index is 0.0344. The standard InChI is InChI=1S/C16H13F2NO4/c1-22-13-8-11(18)7-12(16(21)23-2)14(13)19-15(20)9-4-3-5-10(17)6-9/h3-8H,1-2H3,(H,19,20). The first-order valence-electron chi connectivity index (χ1n) is 6.49. The van der Waals surface area contributed by atoms with Crippen LogP contribution in [0, 0.1) is 11.6 Å². The highest BCUT2D eigenvalue weighted by Gasteiger charge is 2.21. The topological polar surface area (TPSA) is 64.6 Å². The number of carbonyl (C=O) groups excluding carboxylic acids is 2. The molecule has 7 heteroatoms. The van der Waals surface area contributed by atoms with Crippen molar-refractivity contribution in [3.8, 4) is 5.75 Å². The molecular formula is C16H13F2NO4. The second-order valence-electron chi connectivity index (χ2n) is 4.49. The summed E-state index contributed by atoms with van der Waals surface area (Å²) in [7, 11) is 2.38. The fraction of sp³-hybridized carbons (Fsp3) is 0.125. The van der Waals surface area contributed by atoms with Crippen molar-refractivity contribution in [3.63, 3.8) is 0 Å². The Hall–Kier alpha value is -2.96. The lowest BCUT2D eigenvalue weighted by molar-refractivity contribution is 0.0601. The molecule has 0 aromatic heterocycles. The second-order valence-corrected chi connectivity index (χ2v) is 4.49. The minimum atomic E-state index is -0.850. The molecule has 0 aliphatic heterocycles. The maximum atomic E-state index is 13.6. The van der Waals surface area contributed by atoms with E-state index in [4.69, 9.17) is 4.74 Å². The molecule has 0 heterocycles. The van der Waals surface area contributed by atoms with Gasteiger partial charge in [0, 0.05) is 11.6 Å². The Kier molecular flexibility index (Phi) is 4.90. The molecule has 0 bridgehead atoms. The van der Waals surface area contributed by atoms with Gasteiger partial charge in [-0.05, 0) is 24.3 Å². The molecule has 0 aliphatic rings. The van der Waals surface area contributed by atoms with Crippen molar-refractivity contribution in [2.45, 2.75) is 0 Å². The van der Waals surface area contributed by atoms with Crippen LogP contribution in [0.1, 0.15) is 20.7 Å². The molecule has 5 nitrogen and oxygen atoms in total. The van der Waals surface area contributed by atoms with E-state index >= 15 is 0 Å². The molecule has 0 fully saturated rings.